The van der Waals surface area contributed by atoms with E-state index in [1.807, 2.05) is 87.0 Å². The van der Waals surface area contributed by atoms with Gasteiger partial charge in [0.15, 0.2) is 5.58 Å². The van der Waals surface area contributed by atoms with Crippen LogP contribution in [-0.2, 0) is 17.3 Å². The van der Waals surface area contributed by atoms with E-state index in [0.717, 1.165) is 30.4 Å². The Kier molecular flexibility index (Phi) is 6.22. The number of carbonyl (C=O) groups excluding carboxylic acids is 1. The van der Waals surface area contributed by atoms with Crippen LogP contribution in [0.25, 0.3) is 44.5 Å². The predicted molar refractivity (Wildman–Crippen MR) is 158 cm³/mol. The number of ether oxygens (including phenoxy) is 1. The summed E-state index contributed by atoms with van der Waals surface area (Å²) in [6.45, 7) is 5.54. The number of imidazole rings is 1. The quantitative estimate of drug-likeness (QED) is 0.247. The zero-order valence-corrected chi connectivity index (χ0v) is 23.6. The van der Waals surface area contributed by atoms with Crippen LogP contribution in [0.3, 0.4) is 0 Å². The first-order valence-corrected chi connectivity index (χ1v) is 13.7. The number of hydrogen-bond donors (Lipinski definition) is 1. The summed E-state index contributed by atoms with van der Waals surface area (Å²) in [7, 11) is 1.85. The first kappa shape index (κ1) is 26.1. The fourth-order valence-electron chi connectivity index (χ4n) is 5.45. The third kappa shape index (κ3) is 4.44. The Balaban J connectivity index is 1.49. The number of carbonyl (C=O) groups is 1. The first-order valence-electron chi connectivity index (χ1n) is 13.3. The Morgan fingerprint density at radius 3 is 2.40 bits per heavy atom. The SMILES string of the molecule is Cn1cnc2c(Cl)cc3c(=O)c(-c4ccc(C5(NC(=O)OC(C)(C)C)CCC5)cc4)c(-c4ccccc4)oc3c21. The van der Waals surface area contributed by atoms with E-state index in [2.05, 4.69) is 10.3 Å². The van der Waals surface area contributed by atoms with Crippen molar-refractivity contribution >= 4 is 39.7 Å². The van der Waals surface area contributed by atoms with Crippen molar-refractivity contribution in [3.63, 3.8) is 0 Å². The highest BCUT2D eigenvalue weighted by atomic mass is 35.5. The third-order valence-electron chi connectivity index (χ3n) is 7.51. The molecule has 0 bridgehead atoms. The molecule has 0 atom stereocenters. The number of amides is 1. The molecule has 0 aliphatic heterocycles. The summed E-state index contributed by atoms with van der Waals surface area (Å²) in [5.74, 6) is 0.473. The van der Waals surface area contributed by atoms with E-state index in [1.165, 1.54) is 0 Å². The molecule has 0 unspecified atom stereocenters. The average molecular weight is 556 g/mol. The molecule has 3 aromatic carbocycles. The fourth-order valence-corrected chi connectivity index (χ4v) is 5.70. The lowest BCUT2D eigenvalue weighted by Crippen LogP contribution is -2.52. The van der Waals surface area contributed by atoms with Crippen LogP contribution < -0.4 is 10.7 Å². The zero-order valence-electron chi connectivity index (χ0n) is 22.9. The molecular weight excluding hydrogens is 526 g/mol. The average Bonchev–Trinajstić information content (AvgIpc) is 3.29. The maximum absolute atomic E-state index is 14.2. The third-order valence-corrected chi connectivity index (χ3v) is 7.79. The van der Waals surface area contributed by atoms with Crippen LogP contribution >= 0.6 is 11.6 Å². The van der Waals surface area contributed by atoms with Gasteiger partial charge in [-0.05, 0) is 57.2 Å². The van der Waals surface area contributed by atoms with E-state index in [9.17, 15) is 9.59 Å². The fraction of sp³-hybridized carbons (Fsp3) is 0.281. The van der Waals surface area contributed by atoms with Crippen LogP contribution in [0.15, 0.2) is 76.2 Å². The van der Waals surface area contributed by atoms with Crippen molar-refractivity contribution in [1.29, 1.82) is 0 Å². The molecule has 8 heteroatoms. The number of fused-ring (bicyclic) bond motifs is 3. The Labute approximate surface area is 236 Å². The maximum Gasteiger partial charge on any atom is 0.408 e. The molecule has 6 rings (SSSR count). The van der Waals surface area contributed by atoms with Crippen LogP contribution in [0.2, 0.25) is 5.02 Å². The molecule has 1 amide bonds. The highest BCUT2D eigenvalue weighted by Gasteiger charge is 2.41. The van der Waals surface area contributed by atoms with Gasteiger partial charge in [-0.15, -0.1) is 0 Å². The van der Waals surface area contributed by atoms with Crippen LogP contribution in [-0.4, -0.2) is 21.2 Å². The number of aryl methyl sites for hydroxylation is 1. The van der Waals surface area contributed by atoms with Crippen LogP contribution in [0.5, 0.6) is 0 Å². The number of alkyl carbamates (subject to hydrolysis) is 1. The smallest absolute Gasteiger partial charge is 0.408 e. The van der Waals surface area contributed by atoms with Gasteiger partial charge in [0.25, 0.3) is 0 Å². The van der Waals surface area contributed by atoms with Crippen LogP contribution in [0.1, 0.15) is 45.6 Å². The monoisotopic (exact) mass is 555 g/mol. The van der Waals surface area contributed by atoms with E-state index >= 15 is 0 Å². The largest absolute Gasteiger partial charge is 0.453 e. The van der Waals surface area contributed by atoms with Gasteiger partial charge in [-0.25, -0.2) is 9.78 Å². The molecule has 2 heterocycles. The lowest BCUT2D eigenvalue weighted by molar-refractivity contribution is 0.0377. The Morgan fingerprint density at radius 2 is 1.77 bits per heavy atom. The van der Waals surface area contributed by atoms with Crippen molar-refractivity contribution in [3.8, 4) is 22.5 Å². The van der Waals surface area contributed by atoms with Gasteiger partial charge in [0.1, 0.15) is 22.4 Å². The molecule has 1 saturated carbocycles. The minimum atomic E-state index is -0.583. The van der Waals surface area contributed by atoms with E-state index in [4.69, 9.17) is 20.8 Å². The van der Waals surface area contributed by atoms with E-state index in [1.54, 1.807) is 12.4 Å². The molecule has 0 radical (unpaired) electrons. The van der Waals surface area contributed by atoms with Gasteiger partial charge in [-0.3, -0.25) is 4.79 Å². The summed E-state index contributed by atoms with van der Waals surface area (Å²) in [5.41, 5.74) is 3.36. The number of aromatic nitrogens is 2. The minimum absolute atomic E-state index is 0.178. The number of rotatable bonds is 4. The molecule has 1 aliphatic rings. The second-order valence-corrected chi connectivity index (χ2v) is 11.8. The summed E-state index contributed by atoms with van der Waals surface area (Å²) in [6.07, 6.45) is 3.87. The van der Waals surface area contributed by atoms with E-state index < -0.39 is 17.2 Å². The van der Waals surface area contributed by atoms with Crippen molar-refractivity contribution in [2.24, 2.45) is 7.05 Å². The summed E-state index contributed by atoms with van der Waals surface area (Å²) >= 11 is 6.55. The molecule has 5 aromatic rings. The van der Waals surface area contributed by atoms with Gasteiger partial charge in [-0.1, -0.05) is 66.2 Å². The van der Waals surface area contributed by atoms with Crippen molar-refractivity contribution in [2.45, 2.75) is 51.2 Å². The Bertz CT molecular complexity index is 1810. The predicted octanol–water partition coefficient (Wildman–Crippen LogP) is 7.57. The first-order chi connectivity index (χ1) is 19.1. The second-order valence-electron chi connectivity index (χ2n) is 11.4. The summed E-state index contributed by atoms with van der Waals surface area (Å²) in [5, 5.41) is 3.88. The van der Waals surface area contributed by atoms with Crippen molar-refractivity contribution in [3.05, 3.63) is 87.8 Å². The van der Waals surface area contributed by atoms with Crippen LogP contribution in [0, 0.1) is 0 Å². The zero-order chi connectivity index (χ0) is 28.2. The van der Waals surface area contributed by atoms with Gasteiger partial charge in [0.05, 0.1) is 27.8 Å². The molecule has 7 nitrogen and oxygen atoms in total. The molecule has 204 valence electrons. The Hall–Kier alpha value is -4.10. The van der Waals surface area contributed by atoms with Crippen molar-refractivity contribution in [2.75, 3.05) is 0 Å². The number of nitrogens with one attached hydrogen (secondary N) is 1. The summed E-state index contributed by atoms with van der Waals surface area (Å²) < 4.78 is 13.9. The molecule has 0 spiro atoms. The standard InChI is InChI=1S/C32H30ClN3O4/c1-31(2,3)40-30(38)35-32(15-8-16-32)21-13-11-19(12-14-21)24-27(37)22-17-23(33)25-26(36(4)18-34-25)29(22)39-28(24)20-9-6-5-7-10-20/h5-7,9-14,17-18H,8,15-16H2,1-4H3,(H,35,38). The highest BCUT2D eigenvalue weighted by molar-refractivity contribution is 6.36. The number of benzene rings is 3. The minimum Gasteiger partial charge on any atom is -0.453 e. The molecule has 0 saturated heterocycles. The normalized spacial score (nSPS) is 14.7. The van der Waals surface area contributed by atoms with Gasteiger partial charge in [0.2, 0.25) is 5.43 Å². The van der Waals surface area contributed by atoms with Crippen LogP contribution in [0.4, 0.5) is 4.79 Å². The molecule has 1 N–H and O–H groups in total. The topological polar surface area (TPSA) is 86.4 Å². The van der Waals surface area contributed by atoms with Crippen molar-refractivity contribution in [1.82, 2.24) is 14.9 Å². The van der Waals surface area contributed by atoms with E-state index in [-0.39, 0.29) is 5.43 Å². The van der Waals surface area contributed by atoms with Gasteiger partial charge in [-0.2, -0.15) is 0 Å². The molecule has 40 heavy (non-hydrogen) atoms. The molecule has 1 aliphatic carbocycles. The van der Waals surface area contributed by atoms with Gasteiger partial charge >= 0.3 is 6.09 Å². The van der Waals surface area contributed by atoms with Gasteiger partial charge < -0.3 is 19.0 Å². The van der Waals surface area contributed by atoms with E-state index in [0.29, 0.717) is 43.9 Å². The number of hydrogen-bond acceptors (Lipinski definition) is 5. The molecule has 1 fully saturated rings. The summed E-state index contributed by atoms with van der Waals surface area (Å²) in [4.78, 5) is 31.2. The maximum atomic E-state index is 14.2. The number of halogens is 1. The Morgan fingerprint density at radius 1 is 1.07 bits per heavy atom. The molecule has 2 aromatic heterocycles. The van der Waals surface area contributed by atoms with Crippen molar-refractivity contribution < 1.29 is 13.9 Å². The summed E-state index contributed by atoms with van der Waals surface area (Å²) in [6, 6.07) is 19.0. The lowest BCUT2D eigenvalue weighted by Gasteiger charge is -2.43. The second kappa shape index (κ2) is 9.52. The lowest BCUT2D eigenvalue weighted by atomic mass is 9.71. The molecular formula is C32H30ClN3O4. The van der Waals surface area contributed by atoms with Gasteiger partial charge in [0, 0.05) is 12.6 Å². The number of nitrogens with zero attached hydrogens (tertiary/aromatic N) is 2. The highest BCUT2D eigenvalue weighted by Crippen LogP contribution is 2.43.